The van der Waals surface area contributed by atoms with Crippen LogP contribution in [0.2, 0.25) is 0 Å². The Bertz CT molecular complexity index is 763. The molecule has 25 heavy (non-hydrogen) atoms. The highest BCUT2D eigenvalue weighted by atomic mass is 19.1. The molecule has 0 aliphatic rings. The summed E-state index contributed by atoms with van der Waals surface area (Å²) in [5.41, 5.74) is 1.08. The molecule has 0 saturated carbocycles. The largest absolute Gasteiger partial charge is 0.478 e. The third kappa shape index (κ3) is 4.89. The first-order chi connectivity index (χ1) is 11.7. The van der Waals surface area contributed by atoms with Crippen LogP contribution in [0.25, 0.3) is 0 Å². The highest BCUT2D eigenvalue weighted by Gasteiger charge is 2.28. The van der Waals surface area contributed by atoms with E-state index in [2.05, 4.69) is 5.32 Å². The zero-order valence-electron chi connectivity index (χ0n) is 14.5. The van der Waals surface area contributed by atoms with Gasteiger partial charge in [-0.25, -0.2) is 9.18 Å². The van der Waals surface area contributed by atoms with Gasteiger partial charge in [0.2, 0.25) is 5.91 Å². The number of rotatable bonds is 5. The predicted molar refractivity (Wildman–Crippen MR) is 93.8 cm³/mol. The number of carbonyl (C=O) groups is 2. The van der Waals surface area contributed by atoms with Crippen molar-refractivity contribution in [3.63, 3.8) is 0 Å². The minimum Gasteiger partial charge on any atom is -0.478 e. The van der Waals surface area contributed by atoms with E-state index in [0.717, 1.165) is 5.56 Å². The number of benzene rings is 2. The standard InChI is InChI=1S/C20H22FNO3/c1-20(2,3)18(13-8-10-15(21)11-9-13)22-17(23)12-14-6-4-5-7-16(14)19(24)25/h4-11,18H,12H2,1-3H3,(H,22,23)(H,24,25). The lowest BCUT2D eigenvalue weighted by Crippen LogP contribution is -2.37. The SMILES string of the molecule is CC(C)(C)C(NC(=O)Cc1ccccc1C(=O)O)c1ccc(F)cc1. The Morgan fingerprint density at radius 1 is 1.08 bits per heavy atom. The molecule has 0 aliphatic heterocycles. The van der Waals surface area contributed by atoms with E-state index in [4.69, 9.17) is 0 Å². The van der Waals surface area contributed by atoms with E-state index in [1.807, 2.05) is 20.8 Å². The van der Waals surface area contributed by atoms with Crippen molar-refractivity contribution in [2.75, 3.05) is 0 Å². The Kier molecular flexibility index (Phi) is 5.57. The molecule has 0 aromatic heterocycles. The molecule has 5 heteroatoms. The van der Waals surface area contributed by atoms with Crippen LogP contribution >= 0.6 is 0 Å². The van der Waals surface area contributed by atoms with Crippen molar-refractivity contribution in [3.8, 4) is 0 Å². The monoisotopic (exact) mass is 343 g/mol. The Labute approximate surface area is 146 Å². The number of carboxylic acid groups (broad SMARTS) is 1. The Morgan fingerprint density at radius 2 is 1.68 bits per heavy atom. The first kappa shape index (κ1) is 18.6. The molecule has 1 amide bonds. The molecule has 1 unspecified atom stereocenters. The first-order valence-corrected chi connectivity index (χ1v) is 8.04. The summed E-state index contributed by atoms with van der Waals surface area (Å²) in [4.78, 5) is 23.8. The maximum atomic E-state index is 13.2. The summed E-state index contributed by atoms with van der Waals surface area (Å²) in [5.74, 6) is -1.68. The second-order valence-electron chi connectivity index (χ2n) is 7.06. The van der Waals surface area contributed by atoms with Gasteiger partial charge >= 0.3 is 5.97 Å². The molecule has 0 radical (unpaired) electrons. The number of halogens is 1. The van der Waals surface area contributed by atoms with Crippen LogP contribution in [0.3, 0.4) is 0 Å². The molecule has 0 aliphatic carbocycles. The summed E-state index contributed by atoms with van der Waals surface area (Å²) in [6.07, 6.45) is -0.0315. The molecule has 2 aromatic rings. The predicted octanol–water partition coefficient (Wildman–Crippen LogP) is 3.97. The van der Waals surface area contributed by atoms with Crippen molar-refractivity contribution in [2.45, 2.75) is 33.2 Å². The van der Waals surface area contributed by atoms with Crippen molar-refractivity contribution in [1.82, 2.24) is 5.32 Å². The van der Waals surface area contributed by atoms with Crippen molar-refractivity contribution in [2.24, 2.45) is 5.41 Å². The number of carbonyl (C=O) groups excluding carboxylic acids is 1. The van der Waals surface area contributed by atoms with Gasteiger partial charge in [0.25, 0.3) is 0 Å². The minimum atomic E-state index is -1.06. The zero-order chi connectivity index (χ0) is 18.6. The molecule has 132 valence electrons. The summed E-state index contributed by atoms with van der Waals surface area (Å²) in [7, 11) is 0. The molecule has 0 fully saturated rings. The second-order valence-corrected chi connectivity index (χ2v) is 7.06. The summed E-state index contributed by atoms with van der Waals surface area (Å²) in [6, 6.07) is 12.1. The molecule has 1 atom stereocenters. The van der Waals surface area contributed by atoms with Crippen LogP contribution in [-0.2, 0) is 11.2 Å². The highest BCUT2D eigenvalue weighted by molar-refractivity contribution is 5.91. The van der Waals surface area contributed by atoms with E-state index >= 15 is 0 Å². The average Bonchev–Trinajstić information content (AvgIpc) is 2.53. The van der Waals surface area contributed by atoms with Gasteiger partial charge in [0.05, 0.1) is 18.0 Å². The van der Waals surface area contributed by atoms with Crippen LogP contribution < -0.4 is 5.32 Å². The lowest BCUT2D eigenvalue weighted by atomic mass is 9.82. The number of aromatic carboxylic acids is 1. The summed E-state index contributed by atoms with van der Waals surface area (Å²) < 4.78 is 13.2. The first-order valence-electron chi connectivity index (χ1n) is 8.04. The third-order valence-electron chi connectivity index (χ3n) is 3.97. The topological polar surface area (TPSA) is 66.4 Å². The summed E-state index contributed by atoms with van der Waals surface area (Å²) in [5, 5.41) is 12.2. The van der Waals surface area contributed by atoms with Gasteiger partial charge in [0, 0.05) is 0 Å². The van der Waals surface area contributed by atoms with E-state index in [0.29, 0.717) is 5.56 Å². The normalized spacial score (nSPS) is 12.5. The fraction of sp³-hybridized carbons (Fsp3) is 0.300. The maximum Gasteiger partial charge on any atom is 0.335 e. The second kappa shape index (κ2) is 7.47. The summed E-state index contributed by atoms with van der Waals surface area (Å²) in [6.45, 7) is 5.94. The molecule has 0 bridgehead atoms. The number of amides is 1. The van der Waals surface area contributed by atoms with Crippen molar-refractivity contribution in [3.05, 3.63) is 71.0 Å². The van der Waals surface area contributed by atoms with E-state index in [9.17, 15) is 19.1 Å². The molecule has 2 rings (SSSR count). The van der Waals surface area contributed by atoms with Gasteiger partial charge in [-0.15, -0.1) is 0 Å². The minimum absolute atomic E-state index is 0.0315. The maximum absolute atomic E-state index is 13.2. The van der Waals surface area contributed by atoms with Gasteiger partial charge in [0.1, 0.15) is 5.82 Å². The Balaban J connectivity index is 2.21. The Morgan fingerprint density at radius 3 is 2.24 bits per heavy atom. The molecule has 2 N–H and O–H groups in total. The fourth-order valence-corrected chi connectivity index (χ4v) is 2.72. The van der Waals surface area contributed by atoms with Crippen LogP contribution in [0.5, 0.6) is 0 Å². The molecule has 0 saturated heterocycles. The highest BCUT2D eigenvalue weighted by Crippen LogP contribution is 2.32. The van der Waals surface area contributed by atoms with Crippen LogP contribution in [0.15, 0.2) is 48.5 Å². The quantitative estimate of drug-likeness (QED) is 0.863. The van der Waals surface area contributed by atoms with Gasteiger partial charge in [0.15, 0.2) is 0 Å². The van der Waals surface area contributed by atoms with Gasteiger partial charge in [-0.05, 0) is 34.7 Å². The molecule has 2 aromatic carbocycles. The van der Waals surface area contributed by atoms with Gasteiger partial charge < -0.3 is 10.4 Å². The van der Waals surface area contributed by atoms with Gasteiger partial charge in [-0.3, -0.25) is 4.79 Å². The number of hydrogen-bond donors (Lipinski definition) is 2. The average molecular weight is 343 g/mol. The molecular weight excluding hydrogens is 321 g/mol. The lowest BCUT2D eigenvalue weighted by molar-refractivity contribution is -0.122. The fourth-order valence-electron chi connectivity index (χ4n) is 2.72. The number of carboxylic acids is 1. The third-order valence-corrected chi connectivity index (χ3v) is 3.97. The van der Waals surface area contributed by atoms with Crippen LogP contribution in [-0.4, -0.2) is 17.0 Å². The molecule has 0 spiro atoms. The molecule has 0 heterocycles. The molecular formula is C20H22FNO3. The van der Waals surface area contributed by atoms with Crippen molar-refractivity contribution in [1.29, 1.82) is 0 Å². The number of hydrogen-bond acceptors (Lipinski definition) is 2. The van der Waals surface area contributed by atoms with Gasteiger partial charge in [-0.1, -0.05) is 51.1 Å². The van der Waals surface area contributed by atoms with Crippen LogP contribution in [0.1, 0.15) is 48.3 Å². The summed E-state index contributed by atoms with van der Waals surface area (Å²) >= 11 is 0. The van der Waals surface area contributed by atoms with Gasteiger partial charge in [-0.2, -0.15) is 0 Å². The van der Waals surface area contributed by atoms with Crippen molar-refractivity contribution >= 4 is 11.9 Å². The van der Waals surface area contributed by atoms with E-state index in [-0.39, 0.29) is 35.2 Å². The Hall–Kier alpha value is -2.69. The van der Waals surface area contributed by atoms with E-state index in [1.165, 1.54) is 18.2 Å². The zero-order valence-corrected chi connectivity index (χ0v) is 14.5. The van der Waals surface area contributed by atoms with E-state index in [1.54, 1.807) is 30.3 Å². The lowest BCUT2D eigenvalue weighted by Gasteiger charge is -2.32. The van der Waals surface area contributed by atoms with E-state index < -0.39 is 5.97 Å². The number of nitrogens with one attached hydrogen (secondary N) is 1. The van der Waals surface area contributed by atoms with Crippen LogP contribution in [0, 0.1) is 11.2 Å². The molecule has 4 nitrogen and oxygen atoms in total. The van der Waals surface area contributed by atoms with Crippen molar-refractivity contribution < 1.29 is 19.1 Å². The van der Waals surface area contributed by atoms with Crippen LogP contribution in [0.4, 0.5) is 4.39 Å². The smallest absolute Gasteiger partial charge is 0.335 e.